The lowest BCUT2D eigenvalue weighted by molar-refractivity contribution is 0.101. The predicted octanol–water partition coefficient (Wildman–Crippen LogP) is 3.11. The van der Waals surface area contributed by atoms with E-state index in [9.17, 15) is 4.79 Å². The van der Waals surface area contributed by atoms with Crippen LogP contribution < -0.4 is 5.32 Å². The minimum atomic E-state index is 0.0207. The minimum Gasteiger partial charge on any atom is -0.363 e. The molecule has 1 aromatic heterocycles. The standard InChI is InChI=1S/C15H17N3O/c1-9-14(18-15(3)7-8-15)17-13-11(10(2)19)5-4-6-12(13)16-9/h4-6H,7-8H2,1-3H3,(H,17,18). The molecule has 0 radical (unpaired) electrons. The van der Waals surface area contributed by atoms with Gasteiger partial charge in [-0.05, 0) is 45.7 Å². The van der Waals surface area contributed by atoms with Crippen molar-refractivity contribution in [3.8, 4) is 0 Å². The Kier molecular flexibility index (Phi) is 2.55. The van der Waals surface area contributed by atoms with Gasteiger partial charge in [-0.2, -0.15) is 0 Å². The van der Waals surface area contributed by atoms with Crippen molar-refractivity contribution in [3.05, 3.63) is 29.5 Å². The summed E-state index contributed by atoms with van der Waals surface area (Å²) < 4.78 is 0. The number of hydrogen-bond acceptors (Lipinski definition) is 4. The Morgan fingerprint density at radius 3 is 2.68 bits per heavy atom. The smallest absolute Gasteiger partial charge is 0.162 e. The van der Waals surface area contributed by atoms with Crippen LogP contribution in [0, 0.1) is 6.92 Å². The molecule has 4 heteroatoms. The van der Waals surface area contributed by atoms with E-state index in [4.69, 9.17) is 0 Å². The number of aromatic nitrogens is 2. The van der Waals surface area contributed by atoms with Crippen LogP contribution in [-0.2, 0) is 0 Å². The molecule has 0 unspecified atom stereocenters. The number of benzene rings is 1. The number of aryl methyl sites for hydroxylation is 1. The van der Waals surface area contributed by atoms with Crippen molar-refractivity contribution in [3.63, 3.8) is 0 Å². The molecule has 0 aliphatic heterocycles. The van der Waals surface area contributed by atoms with Crippen molar-refractivity contribution >= 4 is 22.6 Å². The highest BCUT2D eigenvalue weighted by Crippen LogP contribution is 2.38. The molecule has 3 rings (SSSR count). The average Bonchev–Trinajstić information content (AvgIpc) is 3.07. The highest BCUT2D eigenvalue weighted by molar-refractivity contribution is 6.04. The second-order valence-electron chi connectivity index (χ2n) is 5.57. The van der Waals surface area contributed by atoms with E-state index in [-0.39, 0.29) is 11.3 Å². The lowest BCUT2D eigenvalue weighted by Gasteiger charge is -2.15. The number of nitrogens with zero attached hydrogens (tertiary/aromatic N) is 2. The van der Waals surface area contributed by atoms with Crippen LogP contribution in [0.2, 0.25) is 0 Å². The first-order chi connectivity index (χ1) is 8.98. The van der Waals surface area contributed by atoms with Crippen LogP contribution in [-0.4, -0.2) is 21.3 Å². The molecular formula is C15H17N3O. The van der Waals surface area contributed by atoms with Gasteiger partial charge in [0.25, 0.3) is 0 Å². The molecule has 19 heavy (non-hydrogen) atoms. The Labute approximate surface area is 112 Å². The van der Waals surface area contributed by atoms with Crippen molar-refractivity contribution in [2.45, 2.75) is 39.2 Å². The van der Waals surface area contributed by atoms with Gasteiger partial charge >= 0.3 is 0 Å². The van der Waals surface area contributed by atoms with Crippen molar-refractivity contribution in [2.75, 3.05) is 5.32 Å². The molecule has 1 saturated carbocycles. The summed E-state index contributed by atoms with van der Waals surface area (Å²) >= 11 is 0. The number of carbonyl (C=O) groups excluding carboxylic acids is 1. The first-order valence-corrected chi connectivity index (χ1v) is 6.55. The largest absolute Gasteiger partial charge is 0.363 e. The fourth-order valence-corrected chi connectivity index (χ4v) is 2.17. The van der Waals surface area contributed by atoms with E-state index in [1.807, 2.05) is 19.1 Å². The molecule has 1 N–H and O–H groups in total. The first-order valence-electron chi connectivity index (χ1n) is 6.55. The fraction of sp³-hybridized carbons (Fsp3) is 0.400. The molecule has 0 amide bonds. The molecule has 0 atom stereocenters. The molecule has 1 aliphatic carbocycles. The molecule has 1 fully saturated rings. The Hall–Kier alpha value is -1.97. The van der Waals surface area contributed by atoms with E-state index in [0.717, 1.165) is 29.9 Å². The quantitative estimate of drug-likeness (QED) is 0.856. The number of para-hydroxylation sites is 1. The third-order valence-corrected chi connectivity index (χ3v) is 3.67. The zero-order valence-electron chi connectivity index (χ0n) is 11.4. The summed E-state index contributed by atoms with van der Waals surface area (Å²) in [5.41, 5.74) is 3.12. The van der Waals surface area contributed by atoms with Crippen molar-refractivity contribution < 1.29 is 4.79 Å². The molecule has 0 bridgehead atoms. The Bertz CT molecular complexity index is 674. The summed E-state index contributed by atoms with van der Waals surface area (Å²) in [5, 5.41) is 3.43. The lowest BCUT2D eigenvalue weighted by atomic mass is 10.1. The first kappa shape index (κ1) is 12.1. The van der Waals surface area contributed by atoms with Crippen LogP contribution in [0.5, 0.6) is 0 Å². The van der Waals surface area contributed by atoms with E-state index in [2.05, 4.69) is 22.2 Å². The average molecular weight is 255 g/mol. The Balaban J connectivity index is 2.16. The van der Waals surface area contributed by atoms with Crippen LogP contribution in [0.1, 0.15) is 42.7 Å². The van der Waals surface area contributed by atoms with Crippen LogP contribution in [0.4, 0.5) is 5.82 Å². The molecular weight excluding hydrogens is 238 g/mol. The molecule has 1 aromatic carbocycles. The SMILES string of the molecule is CC(=O)c1cccc2nc(C)c(NC3(C)CC3)nc12. The van der Waals surface area contributed by atoms with Gasteiger partial charge in [0.15, 0.2) is 5.78 Å². The van der Waals surface area contributed by atoms with Crippen molar-refractivity contribution in [1.29, 1.82) is 0 Å². The monoisotopic (exact) mass is 255 g/mol. The third kappa shape index (κ3) is 2.18. The molecule has 0 spiro atoms. The van der Waals surface area contributed by atoms with Gasteiger partial charge in [-0.15, -0.1) is 0 Å². The van der Waals surface area contributed by atoms with Crippen LogP contribution in [0.3, 0.4) is 0 Å². The number of carbonyl (C=O) groups is 1. The van der Waals surface area contributed by atoms with E-state index < -0.39 is 0 Å². The molecule has 4 nitrogen and oxygen atoms in total. The van der Waals surface area contributed by atoms with Gasteiger partial charge < -0.3 is 5.32 Å². The van der Waals surface area contributed by atoms with Gasteiger partial charge in [0.2, 0.25) is 0 Å². The van der Waals surface area contributed by atoms with Gasteiger partial charge in [-0.1, -0.05) is 6.07 Å². The maximum Gasteiger partial charge on any atom is 0.162 e. The molecule has 1 aliphatic rings. The van der Waals surface area contributed by atoms with Gasteiger partial charge in [0.05, 0.1) is 11.2 Å². The van der Waals surface area contributed by atoms with Gasteiger partial charge in [-0.25, -0.2) is 9.97 Å². The summed E-state index contributed by atoms with van der Waals surface area (Å²) in [4.78, 5) is 20.8. The number of Topliss-reactive ketones (excluding diaryl/α,β-unsaturated/α-hetero) is 1. The maximum absolute atomic E-state index is 11.7. The Morgan fingerprint density at radius 1 is 1.32 bits per heavy atom. The summed E-state index contributed by atoms with van der Waals surface area (Å²) in [6.45, 7) is 5.68. The number of anilines is 1. The highest BCUT2D eigenvalue weighted by atomic mass is 16.1. The summed E-state index contributed by atoms with van der Waals surface area (Å²) in [6, 6.07) is 5.55. The number of hydrogen-bond donors (Lipinski definition) is 1. The van der Waals surface area contributed by atoms with Crippen LogP contribution in [0.15, 0.2) is 18.2 Å². The normalized spacial score (nSPS) is 16.4. The second kappa shape index (κ2) is 4.02. The second-order valence-corrected chi connectivity index (χ2v) is 5.57. The van der Waals surface area contributed by atoms with Crippen LogP contribution >= 0.6 is 0 Å². The van der Waals surface area contributed by atoms with E-state index >= 15 is 0 Å². The molecule has 98 valence electrons. The zero-order valence-corrected chi connectivity index (χ0v) is 11.4. The molecule has 2 aromatic rings. The summed E-state index contributed by atoms with van der Waals surface area (Å²) in [6.07, 6.45) is 2.31. The van der Waals surface area contributed by atoms with Gasteiger partial charge in [0, 0.05) is 11.1 Å². The van der Waals surface area contributed by atoms with E-state index in [1.54, 1.807) is 13.0 Å². The predicted molar refractivity (Wildman–Crippen MR) is 75.5 cm³/mol. The van der Waals surface area contributed by atoms with Gasteiger partial charge in [-0.3, -0.25) is 4.79 Å². The Morgan fingerprint density at radius 2 is 2.05 bits per heavy atom. The molecule has 0 saturated heterocycles. The van der Waals surface area contributed by atoms with E-state index in [0.29, 0.717) is 11.1 Å². The van der Waals surface area contributed by atoms with Crippen LogP contribution in [0.25, 0.3) is 11.0 Å². The third-order valence-electron chi connectivity index (χ3n) is 3.67. The molecule has 1 heterocycles. The number of rotatable bonds is 3. The zero-order chi connectivity index (χ0) is 13.6. The minimum absolute atomic E-state index is 0.0207. The van der Waals surface area contributed by atoms with Crippen molar-refractivity contribution in [1.82, 2.24) is 9.97 Å². The maximum atomic E-state index is 11.7. The van der Waals surface area contributed by atoms with E-state index in [1.165, 1.54) is 0 Å². The van der Waals surface area contributed by atoms with Crippen molar-refractivity contribution in [2.24, 2.45) is 0 Å². The summed E-state index contributed by atoms with van der Waals surface area (Å²) in [7, 11) is 0. The number of nitrogens with one attached hydrogen (secondary N) is 1. The highest BCUT2D eigenvalue weighted by Gasteiger charge is 2.37. The number of fused-ring (bicyclic) bond motifs is 1. The fourth-order valence-electron chi connectivity index (χ4n) is 2.17. The summed E-state index contributed by atoms with van der Waals surface area (Å²) in [5.74, 6) is 0.813. The lowest BCUT2D eigenvalue weighted by Crippen LogP contribution is -2.18. The topological polar surface area (TPSA) is 54.9 Å². The number of ketones is 1. The van der Waals surface area contributed by atoms with Gasteiger partial charge in [0.1, 0.15) is 11.3 Å².